The zero-order chi connectivity index (χ0) is 9.52. The Balaban J connectivity index is 2.82. The summed E-state index contributed by atoms with van der Waals surface area (Å²) in [6.45, 7) is 0.0789. The van der Waals surface area contributed by atoms with Crippen molar-refractivity contribution >= 4 is 0 Å². The van der Waals surface area contributed by atoms with Crippen LogP contribution in [0.15, 0.2) is 18.5 Å². The van der Waals surface area contributed by atoms with Crippen LogP contribution in [0, 0.1) is 11.8 Å². The second-order valence-electron chi connectivity index (χ2n) is 2.35. The molecule has 1 aromatic heterocycles. The van der Waals surface area contributed by atoms with Crippen molar-refractivity contribution in [1.82, 2.24) is 4.98 Å². The number of nitrogens with zero attached hydrogens (tertiary/aromatic N) is 1. The average molecular weight is 177 g/mol. The molecule has 1 N–H and O–H groups in total. The molecule has 0 aliphatic heterocycles. The Kier molecular flexibility index (Phi) is 3.80. The van der Waals surface area contributed by atoms with Crippen molar-refractivity contribution < 1.29 is 9.84 Å². The summed E-state index contributed by atoms with van der Waals surface area (Å²) in [5.41, 5.74) is 0.749. The molecule has 0 unspecified atom stereocenters. The Morgan fingerprint density at radius 1 is 1.62 bits per heavy atom. The third-order valence-electron chi connectivity index (χ3n) is 1.46. The van der Waals surface area contributed by atoms with E-state index in [4.69, 9.17) is 9.84 Å². The molecular weight excluding hydrogens is 166 g/mol. The topological polar surface area (TPSA) is 42.4 Å². The van der Waals surface area contributed by atoms with E-state index >= 15 is 0 Å². The summed E-state index contributed by atoms with van der Waals surface area (Å²) in [6.07, 6.45) is 3.76. The molecule has 0 fully saturated rings. The molecule has 0 aliphatic rings. The highest BCUT2D eigenvalue weighted by molar-refractivity contribution is 5.43. The lowest BCUT2D eigenvalue weighted by atomic mass is 10.2. The van der Waals surface area contributed by atoms with Crippen LogP contribution in [-0.2, 0) is 0 Å². The van der Waals surface area contributed by atoms with Crippen LogP contribution in [0.4, 0.5) is 0 Å². The smallest absolute Gasteiger partial charge is 0.137 e. The molecule has 0 saturated heterocycles. The van der Waals surface area contributed by atoms with Crippen molar-refractivity contribution in [3.8, 4) is 17.6 Å². The van der Waals surface area contributed by atoms with Gasteiger partial charge >= 0.3 is 0 Å². The predicted octanol–water partition coefficient (Wildman–Crippen LogP) is 0.824. The fraction of sp³-hybridized carbons (Fsp3) is 0.300. The van der Waals surface area contributed by atoms with Crippen LogP contribution in [0.5, 0.6) is 5.75 Å². The first-order valence-electron chi connectivity index (χ1n) is 3.96. The van der Waals surface area contributed by atoms with E-state index in [1.165, 1.54) is 0 Å². The van der Waals surface area contributed by atoms with Crippen molar-refractivity contribution in [2.45, 2.75) is 6.42 Å². The zero-order valence-electron chi connectivity index (χ0n) is 7.45. The quantitative estimate of drug-likeness (QED) is 0.680. The van der Waals surface area contributed by atoms with Gasteiger partial charge in [-0.05, 0) is 6.07 Å². The first kappa shape index (κ1) is 9.56. The summed E-state index contributed by atoms with van der Waals surface area (Å²) in [5, 5.41) is 8.52. The molecule has 1 aromatic rings. The van der Waals surface area contributed by atoms with Crippen molar-refractivity contribution in [1.29, 1.82) is 0 Å². The van der Waals surface area contributed by atoms with E-state index in [-0.39, 0.29) is 6.61 Å². The van der Waals surface area contributed by atoms with Crippen LogP contribution < -0.4 is 4.74 Å². The molecule has 3 nitrogen and oxygen atoms in total. The van der Waals surface area contributed by atoms with Crippen LogP contribution >= 0.6 is 0 Å². The number of aliphatic hydroxyl groups excluding tert-OH is 1. The van der Waals surface area contributed by atoms with Gasteiger partial charge < -0.3 is 9.84 Å². The molecule has 0 bridgehead atoms. The number of aromatic nitrogens is 1. The third kappa shape index (κ3) is 2.77. The molecule has 0 spiro atoms. The highest BCUT2D eigenvalue weighted by Gasteiger charge is 1.96. The van der Waals surface area contributed by atoms with E-state index in [0.717, 1.165) is 5.56 Å². The van der Waals surface area contributed by atoms with Crippen LogP contribution in [-0.4, -0.2) is 23.8 Å². The summed E-state index contributed by atoms with van der Waals surface area (Å²) in [5.74, 6) is 6.38. The molecule has 3 heteroatoms. The maximum atomic E-state index is 8.52. The Labute approximate surface area is 77.4 Å². The molecule has 0 radical (unpaired) electrons. The second-order valence-corrected chi connectivity index (χ2v) is 2.35. The number of hydrogen-bond donors (Lipinski definition) is 1. The lowest BCUT2D eigenvalue weighted by Crippen LogP contribution is -1.88. The van der Waals surface area contributed by atoms with Gasteiger partial charge in [0.2, 0.25) is 0 Å². The van der Waals surface area contributed by atoms with E-state index in [1.54, 1.807) is 25.6 Å². The van der Waals surface area contributed by atoms with E-state index in [0.29, 0.717) is 12.2 Å². The molecule has 68 valence electrons. The Morgan fingerprint density at radius 3 is 3.15 bits per heavy atom. The molecule has 0 saturated carbocycles. The van der Waals surface area contributed by atoms with Gasteiger partial charge in [-0.15, -0.1) is 0 Å². The number of pyridine rings is 1. The first-order valence-corrected chi connectivity index (χ1v) is 3.96. The van der Waals surface area contributed by atoms with Crippen molar-refractivity contribution in [3.63, 3.8) is 0 Å². The van der Waals surface area contributed by atoms with E-state index < -0.39 is 0 Å². The number of ether oxygens (including phenoxy) is 1. The standard InChI is InChI=1S/C10H11NO2/c1-13-10-5-6-11-8-9(10)4-2-3-7-12/h5-6,8,12H,3,7H2,1H3. The van der Waals surface area contributed by atoms with Crippen LogP contribution in [0.25, 0.3) is 0 Å². The maximum absolute atomic E-state index is 8.52. The molecular formula is C10H11NO2. The van der Waals surface area contributed by atoms with Crippen LogP contribution in [0.3, 0.4) is 0 Å². The minimum absolute atomic E-state index is 0.0789. The summed E-state index contributed by atoms with van der Waals surface area (Å²) in [6, 6.07) is 1.75. The lowest BCUT2D eigenvalue weighted by molar-refractivity contribution is 0.305. The van der Waals surface area contributed by atoms with Gasteiger partial charge in [-0.25, -0.2) is 0 Å². The van der Waals surface area contributed by atoms with Gasteiger partial charge in [0.05, 0.1) is 19.3 Å². The first-order chi connectivity index (χ1) is 6.38. The molecule has 0 aliphatic carbocycles. The minimum atomic E-state index is 0.0789. The van der Waals surface area contributed by atoms with Crippen molar-refractivity contribution in [2.24, 2.45) is 0 Å². The fourth-order valence-corrected chi connectivity index (χ4v) is 0.867. The van der Waals surface area contributed by atoms with Gasteiger partial charge in [0.1, 0.15) is 5.75 Å². The summed E-state index contributed by atoms with van der Waals surface area (Å²) >= 11 is 0. The second kappa shape index (κ2) is 5.18. The summed E-state index contributed by atoms with van der Waals surface area (Å²) in [4.78, 5) is 3.93. The maximum Gasteiger partial charge on any atom is 0.137 e. The van der Waals surface area contributed by atoms with E-state index in [1.807, 2.05) is 0 Å². The van der Waals surface area contributed by atoms with E-state index in [2.05, 4.69) is 16.8 Å². The highest BCUT2D eigenvalue weighted by Crippen LogP contribution is 2.13. The molecule has 1 heterocycles. The number of hydrogen-bond acceptors (Lipinski definition) is 3. The summed E-state index contributed by atoms with van der Waals surface area (Å²) in [7, 11) is 1.59. The number of methoxy groups -OCH3 is 1. The highest BCUT2D eigenvalue weighted by atomic mass is 16.5. The largest absolute Gasteiger partial charge is 0.495 e. The zero-order valence-corrected chi connectivity index (χ0v) is 7.45. The molecule has 0 aromatic carbocycles. The third-order valence-corrected chi connectivity index (χ3v) is 1.46. The van der Waals surface area contributed by atoms with Crippen LogP contribution in [0.1, 0.15) is 12.0 Å². The monoisotopic (exact) mass is 177 g/mol. The van der Waals surface area contributed by atoms with Gasteiger partial charge in [-0.1, -0.05) is 11.8 Å². The molecule has 0 amide bonds. The summed E-state index contributed by atoms with van der Waals surface area (Å²) < 4.78 is 5.07. The molecule has 13 heavy (non-hydrogen) atoms. The number of aliphatic hydroxyl groups is 1. The lowest BCUT2D eigenvalue weighted by Gasteiger charge is -1.99. The predicted molar refractivity (Wildman–Crippen MR) is 49.4 cm³/mol. The average Bonchev–Trinajstić information content (AvgIpc) is 2.19. The number of rotatable bonds is 2. The van der Waals surface area contributed by atoms with Crippen LogP contribution in [0.2, 0.25) is 0 Å². The van der Waals surface area contributed by atoms with Gasteiger partial charge in [0.15, 0.2) is 0 Å². The van der Waals surface area contributed by atoms with Gasteiger partial charge in [0, 0.05) is 18.8 Å². The Bertz CT molecular complexity index is 325. The van der Waals surface area contributed by atoms with Gasteiger partial charge in [0.25, 0.3) is 0 Å². The van der Waals surface area contributed by atoms with E-state index in [9.17, 15) is 0 Å². The fourth-order valence-electron chi connectivity index (χ4n) is 0.867. The molecule has 1 rings (SSSR count). The van der Waals surface area contributed by atoms with Crippen molar-refractivity contribution in [2.75, 3.05) is 13.7 Å². The normalized spacial score (nSPS) is 8.77. The van der Waals surface area contributed by atoms with Gasteiger partial charge in [-0.3, -0.25) is 4.98 Å². The minimum Gasteiger partial charge on any atom is -0.495 e. The Morgan fingerprint density at radius 2 is 2.46 bits per heavy atom. The van der Waals surface area contributed by atoms with Gasteiger partial charge in [-0.2, -0.15) is 0 Å². The Hall–Kier alpha value is -1.53. The SMILES string of the molecule is COc1ccncc1C#CCCO. The molecule has 0 atom stereocenters. The van der Waals surface area contributed by atoms with Crippen molar-refractivity contribution in [3.05, 3.63) is 24.0 Å².